The van der Waals surface area contributed by atoms with Gasteiger partial charge >= 0.3 is 5.97 Å². The molecule has 1 amide bonds. The molecule has 0 aromatic heterocycles. The summed E-state index contributed by atoms with van der Waals surface area (Å²) in [4.78, 5) is 23.1. The summed E-state index contributed by atoms with van der Waals surface area (Å²) in [7, 11) is 1.61. The van der Waals surface area contributed by atoms with Crippen molar-refractivity contribution in [2.45, 2.75) is 19.3 Å². The largest absolute Gasteiger partial charge is 0.497 e. The minimum absolute atomic E-state index is 0.0913. The molecule has 2 N–H and O–H groups in total. The molecule has 1 aliphatic heterocycles. The fourth-order valence-electron chi connectivity index (χ4n) is 2.92. The number of hydrogen-bond acceptors (Lipinski definition) is 4. The van der Waals surface area contributed by atoms with Crippen LogP contribution in [0.3, 0.4) is 0 Å². The lowest BCUT2D eigenvalue weighted by molar-refractivity contribution is -0.137. The van der Waals surface area contributed by atoms with E-state index in [1.807, 2.05) is 30.3 Å². The van der Waals surface area contributed by atoms with Crippen molar-refractivity contribution in [1.29, 1.82) is 0 Å². The van der Waals surface area contributed by atoms with Crippen LogP contribution < -0.4 is 14.8 Å². The van der Waals surface area contributed by atoms with E-state index in [4.69, 9.17) is 14.6 Å². The molecule has 0 aliphatic carbocycles. The van der Waals surface area contributed by atoms with Gasteiger partial charge in [0.1, 0.15) is 18.1 Å². The molecule has 6 heteroatoms. The maximum absolute atomic E-state index is 12.5. The highest BCUT2D eigenvalue weighted by atomic mass is 16.5. The molecule has 26 heavy (non-hydrogen) atoms. The number of fused-ring (bicyclic) bond motifs is 1. The molecular formula is C20H21NO5. The Morgan fingerprint density at radius 1 is 1.23 bits per heavy atom. The topological polar surface area (TPSA) is 84.9 Å². The number of aryl methyl sites for hydroxylation is 1. The molecule has 1 heterocycles. The van der Waals surface area contributed by atoms with Gasteiger partial charge in [-0.2, -0.15) is 0 Å². The average molecular weight is 355 g/mol. The van der Waals surface area contributed by atoms with Crippen molar-refractivity contribution >= 4 is 17.6 Å². The van der Waals surface area contributed by atoms with Crippen LogP contribution in [0.4, 0.5) is 5.69 Å². The molecule has 2 aromatic rings. The SMILES string of the molecule is COc1ccc2c(c1)CC(C(=O)Nc1ccc(CCC(=O)O)cc1)CO2. The van der Waals surface area contributed by atoms with Gasteiger partial charge in [-0.1, -0.05) is 12.1 Å². The van der Waals surface area contributed by atoms with Crippen LogP contribution in [0.15, 0.2) is 42.5 Å². The molecule has 0 saturated carbocycles. The minimum atomic E-state index is -0.823. The highest BCUT2D eigenvalue weighted by Crippen LogP contribution is 2.31. The number of carbonyl (C=O) groups is 2. The smallest absolute Gasteiger partial charge is 0.303 e. The quantitative estimate of drug-likeness (QED) is 0.832. The van der Waals surface area contributed by atoms with Crippen molar-refractivity contribution in [1.82, 2.24) is 0 Å². The Morgan fingerprint density at radius 3 is 2.69 bits per heavy atom. The summed E-state index contributed by atoms with van der Waals surface area (Å²) < 4.78 is 10.9. The van der Waals surface area contributed by atoms with Gasteiger partial charge in [-0.15, -0.1) is 0 Å². The Bertz CT molecular complexity index is 800. The van der Waals surface area contributed by atoms with E-state index in [9.17, 15) is 9.59 Å². The van der Waals surface area contributed by atoms with E-state index in [-0.39, 0.29) is 18.2 Å². The Balaban J connectivity index is 1.60. The third-order valence-corrected chi connectivity index (χ3v) is 4.39. The maximum atomic E-state index is 12.5. The molecule has 1 unspecified atom stereocenters. The van der Waals surface area contributed by atoms with E-state index in [1.54, 1.807) is 19.2 Å². The third-order valence-electron chi connectivity index (χ3n) is 4.39. The summed E-state index contributed by atoms with van der Waals surface area (Å²) in [5, 5.41) is 11.6. The van der Waals surface area contributed by atoms with Crippen molar-refractivity contribution < 1.29 is 24.2 Å². The van der Waals surface area contributed by atoms with Crippen LogP contribution >= 0.6 is 0 Å². The molecule has 1 aliphatic rings. The van der Waals surface area contributed by atoms with E-state index >= 15 is 0 Å². The number of nitrogens with one attached hydrogen (secondary N) is 1. The molecule has 0 fully saturated rings. The van der Waals surface area contributed by atoms with Crippen molar-refractivity contribution in [2.24, 2.45) is 5.92 Å². The van der Waals surface area contributed by atoms with E-state index < -0.39 is 5.97 Å². The molecule has 136 valence electrons. The van der Waals surface area contributed by atoms with E-state index in [1.165, 1.54) is 0 Å². The summed E-state index contributed by atoms with van der Waals surface area (Å²) in [6, 6.07) is 12.8. The number of carbonyl (C=O) groups excluding carboxylic acids is 1. The molecule has 0 radical (unpaired) electrons. The van der Waals surface area contributed by atoms with Crippen LogP contribution in [0, 0.1) is 5.92 Å². The molecular weight excluding hydrogens is 334 g/mol. The highest BCUT2D eigenvalue weighted by molar-refractivity contribution is 5.93. The number of benzene rings is 2. The first kappa shape index (κ1) is 17.8. The second-order valence-corrected chi connectivity index (χ2v) is 6.27. The third kappa shape index (κ3) is 4.33. The van der Waals surface area contributed by atoms with Gasteiger partial charge in [-0.25, -0.2) is 0 Å². The van der Waals surface area contributed by atoms with Crippen LogP contribution in [0.25, 0.3) is 0 Å². The second-order valence-electron chi connectivity index (χ2n) is 6.27. The Morgan fingerprint density at radius 2 is 2.00 bits per heavy atom. The van der Waals surface area contributed by atoms with E-state index in [0.29, 0.717) is 25.1 Å². The predicted molar refractivity (Wildman–Crippen MR) is 96.7 cm³/mol. The first-order chi connectivity index (χ1) is 12.5. The zero-order valence-corrected chi connectivity index (χ0v) is 14.5. The molecule has 0 spiro atoms. The lowest BCUT2D eigenvalue weighted by Gasteiger charge is -2.25. The zero-order chi connectivity index (χ0) is 18.5. The number of anilines is 1. The normalized spacial score (nSPS) is 15.5. The second kappa shape index (κ2) is 7.91. The Labute approximate surface area is 151 Å². The van der Waals surface area contributed by atoms with Gasteiger partial charge in [-0.3, -0.25) is 9.59 Å². The van der Waals surface area contributed by atoms with Gasteiger partial charge in [0, 0.05) is 12.1 Å². The molecule has 1 atom stereocenters. The van der Waals surface area contributed by atoms with Gasteiger partial charge < -0.3 is 19.9 Å². The molecule has 3 rings (SSSR count). The van der Waals surface area contributed by atoms with Gasteiger partial charge in [0.05, 0.1) is 13.0 Å². The van der Waals surface area contributed by atoms with Crippen LogP contribution in [0.2, 0.25) is 0 Å². The number of methoxy groups -OCH3 is 1. The van der Waals surface area contributed by atoms with E-state index in [2.05, 4.69) is 5.32 Å². The van der Waals surface area contributed by atoms with Crippen LogP contribution in [0.1, 0.15) is 17.5 Å². The molecule has 6 nitrogen and oxygen atoms in total. The van der Waals surface area contributed by atoms with Crippen LogP contribution in [0.5, 0.6) is 11.5 Å². The summed E-state index contributed by atoms with van der Waals surface area (Å²) in [5.41, 5.74) is 2.57. The number of carboxylic acid groups (broad SMARTS) is 1. The number of aliphatic carboxylic acids is 1. The molecule has 2 aromatic carbocycles. The van der Waals surface area contributed by atoms with Crippen molar-refractivity contribution in [3.63, 3.8) is 0 Å². The Hall–Kier alpha value is -3.02. The molecule has 0 bridgehead atoms. The number of ether oxygens (including phenoxy) is 2. The zero-order valence-electron chi connectivity index (χ0n) is 14.5. The predicted octanol–water partition coefficient (Wildman–Crippen LogP) is 2.90. The standard InChI is InChI=1S/C20H21NO5/c1-25-17-7-8-18-14(11-17)10-15(12-26-18)20(24)21-16-5-2-13(3-6-16)4-9-19(22)23/h2-3,5-8,11,15H,4,9-10,12H2,1H3,(H,21,24)(H,22,23). The van der Waals surface area contributed by atoms with Gasteiger partial charge in [0.25, 0.3) is 0 Å². The summed E-state index contributed by atoms with van der Waals surface area (Å²) in [6.07, 6.45) is 1.15. The lowest BCUT2D eigenvalue weighted by atomic mass is 9.95. The fraction of sp³-hybridized carbons (Fsp3) is 0.300. The monoisotopic (exact) mass is 355 g/mol. The highest BCUT2D eigenvalue weighted by Gasteiger charge is 2.26. The van der Waals surface area contributed by atoms with E-state index in [0.717, 1.165) is 22.6 Å². The average Bonchev–Trinajstić information content (AvgIpc) is 2.66. The maximum Gasteiger partial charge on any atom is 0.303 e. The van der Waals surface area contributed by atoms with Gasteiger partial charge in [0.15, 0.2) is 0 Å². The summed E-state index contributed by atoms with van der Waals surface area (Å²) in [5.74, 6) is 0.331. The van der Waals surface area contributed by atoms with Crippen molar-refractivity contribution in [3.05, 3.63) is 53.6 Å². The molecule has 0 saturated heterocycles. The van der Waals surface area contributed by atoms with Crippen molar-refractivity contribution in [3.8, 4) is 11.5 Å². The Kier molecular flexibility index (Phi) is 5.41. The lowest BCUT2D eigenvalue weighted by Crippen LogP contribution is -2.32. The summed E-state index contributed by atoms with van der Waals surface area (Å²) in [6.45, 7) is 0.335. The van der Waals surface area contributed by atoms with Crippen LogP contribution in [-0.4, -0.2) is 30.7 Å². The minimum Gasteiger partial charge on any atom is -0.497 e. The van der Waals surface area contributed by atoms with Gasteiger partial charge in [0.2, 0.25) is 5.91 Å². The van der Waals surface area contributed by atoms with Crippen molar-refractivity contribution in [2.75, 3.05) is 19.0 Å². The first-order valence-electron chi connectivity index (χ1n) is 8.46. The number of carboxylic acids is 1. The fourth-order valence-corrected chi connectivity index (χ4v) is 2.92. The van der Waals surface area contributed by atoms with Crippen LogP contribution in [-0.2, 0) is 22.4 Å². The number of rotatable bonds is 6. The van der Waals surface area contributed by atoms with Gasteiger partial charge in [-0.05, 0) is 54.3 Å². The summed E-state index contributed by atoms with van der Waals surface area (Å²) >= 11 is 0. The number of amides is 1. The number of hydrogen-bond donors (Lipinski definition) is 2. The first-order valence-corrected chi connectivity index (χ1v) is 8.46.